The van der Waals surface area contributed by atoms with Crippen LogP contribution in [0, 0.1) is 18.3 Å². The van der Waals surface area contributed by atoms with E-state index in [0.717, 1.165) is 16.4 Å². The van der Waals surface area contributed by atoms with Gasteiger partial charge in [0.2, 0.25) is 11.1 Å². The molecule has 0 aliphatic rings. The molecule has 118 valence electrons. The summed E-state index contributed by atoms with van der Waals surface area (Å²) in [4.78, 5) is 23.9. The number of nitrogens with two attached hydrogens (primary N) is 1. The molecule has 1 aromatic carbocycles. The Morgan fingerprint density at radius 2 is 2.13 bits per heavy atom. The minimum atomic E-state index is -0.590. The first-order valence-corrected chi connectivity index (χ1v) is 7.50. The van der Waals surface area contributed by atoms with Gasteiger partial charge >= 0.3 is 0 Å². The number of thioether (sulfide) groups is 1. The van der Waals surface area contributed by atoms with Crippen molar-refractivity contribution in [3.05, 3.63) is 45.9 Å². The van der Waals surface area contributed by atoms with E-state index < -0.39 is 10.8 Å². The number of hydrogen-bond donors (Lipinski definition) is 2. The van der Waals surface area contributed by atoms with Crippen LogP contribution in [0.5, 0.6) is 0 Å². The van der Waals surface area contributed by atoms with E-state index in [2.05, 4.69) is 15.5 Å². The predicted molar refractivity (Wildman–Crippen MR) is 86.3 cm³/mol. The molecule has 0 saturated heterocycles. The van der Waals surface area contributed by atoms with Gasteiger partial charge in [0, 0.05) is 0 Å². The van der Waals surface area contributed by atoms with Gasteiger partial charge in [-0.15, -0.1) is 10.2 Å². The molecule has 1 aromatic heterocycles. The number of para-hydroxylation sites is 1. The Hall–Kier alpha value is -2.86. The Kier molecular flexibility index (Phi) is 4.98. The lowest BCUT2D eigenvalue weighted by molar-refractivity contribution is -0.115. The number of nitrogens with one attached hydrogen (secondary N) is 1. The number of amides is 1. The third-order valence-electron chi connectivity index (χ3n) is 2.98. The molecule has 0 spiro atoms. The van der Waals surface area contributed by atoms with Gasteiger partial charge < -0.3 is 11.2 Å². The number of carbonyl (C=O) groups excluding carboxylic acids is 1. The zero-order chi connectivity index (χ0) is 17.0. The van der Waals surface area contributed by atoms with Crippen LogP contribution in [0.25, 0.3) is 0 Å². The number of hydrogen-bond acceptors (Lipinski definition) is 7. The van der Waals surface area contributed by atoms with Gasteiger partial charge in [0.1, 0.15) is 11.8 Å². The molecule has 0 aliphatic carbocycles. The summed E-state index contributed by atoms with van der Waals surface area (Å²) >= 11 is 1.00. The van der Waals surface area contributed by atoms with E-state index in [4.69, 9.17) is 11.1 Å². The van der Waals surface area contributed by atoms with Crippen molar-refractivity contribution in [3.8, 4) is 6.07 Å². The monoisotopic (exact) mass is 330 g/mol. The van der Waals surface area contributed by atoms with Gasteiger partial charge in [0.15, 0.2) is 0 Å². The second-order valence-corrected chi connectivity index (χ2v) is 5.96. The van der Waals surface area contributed by atoms with Gasteiger partial charge in [-0.2, -0.15) is 9.94 Å². The van der Waals surface area contributed by atoms with Crippen molar-refractivity contribution < 1.29 is 4.79 Å². The van der Waals surface area contributed by atoms with Crippen molar-refractivity contribution in [2.24, 2.45) is 0 Å². The molecule has 0 radical (unpaired) electrons. The molecule has 1 amide bonds. The molecular weight excluding hydrogens is 316 g/mol. The summed E-state index contributed by atoms with van der Waals surface area (Å²) in [6.07, 6.45) is 0. The van der Waals surface area contributed by atoms with Crippen molar-refractivity contribution in [1.29, 1.82) is 5.26 Å². The Balaban J connectivity index is 2.14. The Morgan fingerprint density at radius 1 is 1.43 bits per heavy atom. The predicted octanol–water partition coefficient (Wildman–Crippen LogP) is 0.651. The summed E-state index contributed by atoms with van der Waals surface area (Å²) in [6, 6.07) is 8.68. The van der Waals surface area contributed by atoms with E-state index in [1.54, 1.807) is 31.2 Å². The first kappa shape index (κ1) is 16.5. The normalized spacial score (nSPS) is 11.5. The fourth-order valence-corrected chi connectivity index (χ4v) is 2.45. The number of carbonyl (C=O) groups is 1. The number of nitrogen functional groups attached to an aromatic ring is 1. The fraction of sp³-hybridized carbons (Fsp3) is 0.214. The molecule has 1 atom stereocenters. The number of nitrogens with zero attached hydrogens (tertiary/aromatic N) is 4. The maximum absolute atomic E-state index is 12.2. The number of nitriles is 1. The number of benzene rings is 1. The van der Waals surface area contributed by atoms with E-state index in [-0.39, 0.29) is 16.8 Å². The molecule has 2 rings (SSSR count). The molecule has 3 N–H and O–H groups in total. The fourth-order valence-electron chi connectivity index (χ4n) is 1.69. The second kappa shape index (κ2) is 6.93. The molecule has 8 nitrogen and oxygen atoms in total. The van der Waals surface area contributed by atoms with Crippen molar-refractivity contribution in [1.82, 2.24) is 14.9 Å². The number of aryl methyl sites for hydroxylation is 1. The van der Waals surface area contributed by atoms with E-state index in [1.165, 1.54) is 6.92 Å². The first-order chi connectivity index (χ1) is 10.9. The number of rotatable bonds is 4. The van der Waals surface area contributed by atoms with Gasteiger partial charge in [-0.25, -0.2) is 0 Å². The smallest absolute Gasteiger partial charge is 0.294 e. The van der Waals surface area contributed by atoms with Crippen LogP contribution in [0.15, 0.2) is 34.2 Å². The van der Waals surface area contributed by atoms with Crippen LogP contribution in [-0.4, -0.2) is 26.0 Å². The zero-order valence-electron chi connectivity index (χ0n) is 12.5. The lowest BCUT2D eigenvalue weighted by atomic mass is 10.2. The van der Waals surface area contributed by atoms with Gasteiger partial charge in [-0.3, -0.25) is 9.59 Å². The minimum Gasteiger partial charge on any atom is -0.334 e. The van der Waals surface area contributed by atoms with E-state index in [1.807, 2.05) is 6.07 Å². The molecule has 0 aliphatic heterocycles. The van der Waals surface area contributed by atoms with Crippen molar-refractivity contribution >= 4 is 23.4 Å². The molecular formula is C14H14N6O2S. The number of anilines is 1. The summed E-state index contributed by atoms with van der Waals surface area (Å²) < 4.78 is 0.861. The SMILES string of the molecule is Cc1nnc(S[C@H](C)C(=O)Nc2ccccc2C#N)n(N)c1=O. The average Bonchev–Trinajstić information content (AvgIpc) is 2.55. The van der Waals surface area contributed by atoms with Crippen LogP contribution in [0.2, 0.25) is 0 Å². The molecule has 2 aromatic rings. The highest BCUT2D eigenvalue weighted by atomic mass is 32.2. The molecule has 0 saturated carbocycles. The standard InChI is InChI=1S/C14H14N6O2S/c1-8-13(22)20(16)14(19-18-8)23-9(2)12(21)17-11-6-4-3-5-10(11)7-15/h3-6,9H,16H2,1-2H3,(H,17,21)/t9-/m1/s1. The third-order valence-corrected chi connectivity index (χ3v) is 4.03. The van der Waals surface area contributed by atoms with Gasteiger partial charge in [0.05, 0.1) is 16.5 Å². The van der Waals surface area contributed by atoms with E-state index in [9.17, 15) is 9.59 Å². The highest BCUT2D eigenvalue weighted by molar-refractivity contribution is 8.00. The summed E-state index contributed by atoms with van der Waals surface area (Å²) in [6.45, 7) is 3.14. The largest absolute Gasteiger partial charge is 0.334 e. The van der Waals surface area contributed by atoms with E-state index >= 15 is 0 Å². The molecule has 23 heavy (non-hydrogen) atoms. The Bertz CT molecular complexity index is 842. The highest BCUT2D eigenvalue weighted by Gasteiger charge is 2.19. The maximum Gasteiger partial charge on any atom is 0.294 e. The molecule has 0 fully saturated rings. The minimum absolute atomic E-state index is 0.136. The van der Waals surface area contributed by atoms with Gasteiger partial charge in [-0.05, 0) is 26.0 Å². The van der Waals surface area contributed by atoms with Crippen molar-refractivity contribution in [3.63, 3.8) is 0 Å². The van der Waals surface area contributed by atoms with E-state index in [0.29, 0.717) is 11.3 Å². The van der Waals surface area contributed by atoms with Crippen molar-refractivity contribution in [2.75, 3.05) is 11.2 Å². The Morgan fingerprint density at radius 3 is 2.83 bits per heavy atom. The average molecular weight is 330 g/mol. The summed E-state index contributed by atoms with van der Waals surface area (Å²) in [7, 11) is 0. The summed E-state index contributed by atoms with van der Waals surface area (Å²) in [5.41, 5.74) is 0.498. The molecule has 9 heteroatoms. The lowest BCUT2D eigenvalue weighted by Crippen LogP contribution is -2.33. The van der Waals surface area contributed by atoms with Crippen LogP contribution in [0.3, 0.4) is 0 Å². The zero-order valence-corrected chi connectivity index (χ0v) is 13.3. The van der Waals surface area contributed by atoms with Crippen LogP contribution in [0.1, 0.15) is 18.2 Å². The maximum atomic E-state index is 12.2. The Labute approximate surface area is 136 Å². The molecule has 0 unspecified atom stereocenters. The van der Waals surface area contributed by atoms with Crippen molar-refractivity contribution in [2.45, 2.75) is 24.3 Å². The van der Waals surface area contributed by atoms with Crippen LogP contribution in [0.4, 0.5) is 5.69 Å². The van der Waals surface area contributed by atoms with Crippen LogP contribution >= 0.6 is 11.8 Å². The first-order valence-electron chi connectivity index (χ1n) is 6.62. The second-order valence-electron chi connectivity index (χ2n) is 4.65. The van der Waals surface area contributed by atoms with Gasteiger partial charge in [-0.1, -0.05) is 23.9 Å². The third kappa shape index (κ3) is 3.67. The van der Waals surface area contributed by atoms with Crippen LogP contribution < -0.4 is 16.7 Å². The lowest BCUT2D eigenvalue weighted by Gasteiger charge is -2.13. The van der Waals surface area contributed by atoms with Gasteiger partial charge in [0.25, 0.3) is 5.56 Å². The quantitative estimate of drug-likeness (QED) is 0.622. The molecule has 1 heterocycles. The number of aromatic nitrogens is 3. The van der Waals surface area contributed by atoms with Crippen LogP contribution in [-0.2, 0) is 4.79 Å². The highest BCUT2D eigenvalue weighted by Crippen LogP contribution is 2.21. The topological polar surface area (TPSA) is 127 Å². The summed E-state index contributed by atoms with van der Waals surface area (Å²) in [5.74, 6) is 5.30. The summed E-state index contributed by atoms with van der Waals surface area (Å²) in [5, 5.41) is 18.8. The molecule has 0 bridgehead atoms.